The number of hydrogen-bond acceptors (Lipinski definition) is 15. The lowest BCUT2D eigenvalue weighted by atomic mass is 9.69. The number of ether oxygens (including phenoxy) is 3. The van der Waals surface area contributed by atoms with Crippen molar-refractivity contribution in [2.24, 2.45) is 11.7 Å². The van der Waals surface area contributed by atoms with Crippen molar-refractivity contribution in [2.45, 2.75) is 92.2 Å². The first kappa shape index (κ1) is 38.8. The first-order valence-corrected chi connectivity index (χ1v) is 19.3. The van der Waals surface area contributed by atoms with Crippen LogP contribution in [-0.2, 0) is 24.4 Å². The van der Waals surface area contributed by atoms with Gasteiger partial charge >= 0.3 is 0 Å². The van der Waals surface area contributed by atoms with Gasteiger partial charge in [0.25, 0.3) is 0 Å². The number of rotatable bonds is 6. The summed E-state index contributed by atoms with van der Waals surface area (Å²) in [5.41, 5.74) is 6.50. The average molecular weight is 760 g/mol. The van der Waals surface area contributed by atoms with Gasteiger partial charge in [0, 0.05) is 40.5 Å². The fraction of sp³-hybridized carbons (Fsp3) is 0.486. The Morgan fingerprint density at radius 2 is 1.75 bits per heavy atom. The van der Waals surface area contributed by atoms with Crippen molar-refractivity contribution in [3.63, 3.8) is 0 Å². The molecule has 52 heavy (non-hydrogen) atoms. The molecule has 2 heterocycles. The van der Waals surface area contributed by atoms with Crippen LogP contribution in [0.15, 0.2) is 48.6 Å². The summed E-state index contributed by atoms with van der Waals surface area (Å²) >= 11 is 0. The number of aryl methyl sites for hydroxylation is 1. The number of hydrogen-bond donors (Lipinski definition) is 9. The molecule has 0 aromatic heterocycles. The number of phenols is 1. The van der Waals surface area contributed by atoms with Crippen LogP contribution in [0.4, 0.5) is 0 Å². The minimum atomic E-state index is -2.01. The van der Waals surface area contributed by atoms with Gasteiger partial charge in [0.1, 0.15) is 47.3 Å². The van der Waals surface area contributed by atoms with Crippen molar-refractivity contribution in [3.8, 4) is 17.2 Å². The van der Waals surface area contributed by atoms with Gasteiger partial charge in [-0.1, -0.05) is 58.0 Å². The zero-order chi connectivity index (χ0) is 37.5. The highest BCUT2D eigenvalue weighted by Gasteiger charge is 2.57. The van der Waals surface area contributed by atoms with Gasteiger partial charge < -0.3 is 60.8 Å². The van der Waals surface area contributed by atoms with Gasteiger partial charge in [0.2, 0.25) is 6.29 Å². The van der Waals surface area contributed by atoms with E-state index in [2.05, 4.69) is 0 Å². The zero-order valence-electron chi connectivity index (χ0n) is 28.7. The fourth-order valence-corrected chi connectivity index (χ4v) is 10.8. The maximum atomic E-state index is 14.0. The Labute approximate surface area is 308 Å². The summed E-state index contributed by atoms with van der Waals surface area (Å²) in [4.78, 5) is 14.0. The van der Waals surface area contributed by atoms with E-state index in [1.165, 1.54) is 40.8 Å². The molecule has 4 bridgehead atoms. The Bertz CT molecular complexity index is 1830. The van der Waals surface area contributed by atoms with Crippen LogP contribution >= 0.6 is 21.6 Å². The van der Waals surface area contributed by atoms with Gasteiger partial charge in [-0.05, 0) is 47.9 Å². The second-order valence-corrected chi connectivity index (χ2v) is 16.4. The Balaban J connectivity index is 1.56. The Hall–Kier alpha value is -2.93. The van der Waals surface area contributed by atoms with Crippen LogP contribution in [0.3, 0.4) is 0 Å². The molecule has 0 amide bonds. The molecule has 3 aliphatic rings. The third-order valence-electron chi connectivity index (χ3n) is 10.4. The number of fused-ring (bicyclic) bond motifs is 5. The summed E-state index contributed by atoms with van der Waals surface area (Å²) in [5, 5.41) is 88.4. The highest BCUT2D eigenvalue weighted by atomic mass is 33.1. The summed E-state index contributed by atoms with van der Waals surface area (Å²) in [5.74, 6) is -1.71. The second-order valence-electron chi connectivity index (χ2n) is 13.6. The monoisotopic (exact) mass is 759 g/mol. The molecule has 1 aliphatic carbocycles. The van der Waals surface area contributed by atoms with Crippen molar-refractivity contribution >= 4 is 38.1 Å². The number of carbonyl (C=O) groups excluding carboxylic acids is 1. The SMILES string of the molecule is COc1cc2c3c(O)c(c(C)cc3c1CO)C(=O)CC(CO)SSC(Cc1ccccc1CO)C1CC(N)C=CC1(O)C1OC(O2)C(O)C(O)C1O. The minimum Gasteiger partial charge on any atom is -0.506 e. The number of aliphatic hydroxyl groups is 7. The van der Waals surface area contributed by atoms with Crippen LogP contribution < -0.4 is 15.2 Å². The van der Waals surface area contributed by atoms with Crippen molar-refractivity contribution in [1.29, 1.82) is 0 Å². The van der Waals surface area contributed by atoms with E-state index in [1.54, 1.807) is 31.2 Å². The molecule has 1 saturated heterocycles. The van der Waals surface area contributed by atoms with Crippen molar-refractivity contribution in [1.82, 2.24) is 0 Å². The summed E-state index contributed by atoms with van der Waals surface area (Å²) in [6.45, 7) is 0.486. The largest absolute Gasteiger partial charge is 0.506 e. The molecule has 10 unspecified atom stereocenters. The highest BCUT2D eigenvalue weighted by molar-refractivity contribution is 8.77. The molecule has 0 saturated carbocycles. The highest BCUT2D eigenvalue weighted by Crippen LogP contribution is 2.50. The van der Waals surface area contributed by atoms with Crippen LogP contribution in [0.2, 0.25) is 0 Å². The van der Waals surface area contributed by atoms with E-state index in [4.69, 9.17) is 19.9 Å². The van der Waals surface area contributed by atoms with Crippen molar-refractivity contribution in [3.05, 3.63) is 76.4 Å². The Morgan fingerprint density at radius 3 is 2.42 bits per heavy atom. The lowest BCUT2D eigenvalue weighted by Crippen LogP contribution is -2.68. The molecule has 0 spiro atoms. The smallest absolute Gasteiger partial charge is 0.229 e. The number of ketones is 1. The molecule has 13 nitrogen and oxygen atoms in total. The summed E-state index contributed by atoms with van der Waals surface area (Å²) in [7, 11) is 3.90. The maximum Gasteiger partial charge on any atom is 0.229 e. The fourth-order valence-electron chi connectivity index (χ4n) is 7.62. The van der Waals surface area contributed by atoms with E-state index in [-0.39, 0.29) is 52.8 Å². The van der Waals surface area contributed by atoms with E-state index in [0.29, 0.717) is 17.5 Å². The quantitative estimate of drug-likeness (QED) is 0.128. The molecule has 10 N–H and O–H groups in total. The van der Waals surface area contributed by atoms with Crippen molar-refractivity contribution < 1.29 is 59.9 Å². The standard InChI is InChI=1S/C37H45NO12S2/c1-17-9-22-23(16-41)26(48-2)13-27-30(22)31(43)29(17)25(42)12-21(15-40)51-52-28(10-18-5-3-4-6-19(18)14-39)24-11-20(38)7-8-37(24,47)35-33(45)32(44)34(46)36(49-27)50-35/h3-9,13,20-21,24,28,32-36,39-41,43-47H,10-12,14-16,38H2,1-2H3. The van der Waals surface area contributed by atoms with E-state index in [0.717, 1.165) is 5.56 Å². The number of nitrogens with two attached hydrogens (primary N) is 1. The van der Waals surface area contributed by atoms with E-state index in [9.17, 15) is 45.6 Å². The number of phenolic OH excluding ortho intramolecular Hbond substituents is 1. The molecule has 2 aliphatic heterocycles. The van der Waals surface area contributed by atoms with Crippen LogP contribution in [0.25, 0.3) is 10.8 Å². The molecule has 6 rings (SSSR count). The first-order valence-electron chi connectivity index (χ1n) is 17.0. The lowest BCUT2D eigenvalue weighted by Gasteiger charge is -2.51. The molecule has 0 radical (unpaired) electrons. The van der Waals surface area contributed by atoms with Crippen LogP contribution in [0.1, 0.15) is 45.5 Å². The van der Waals surface area contributed by atoms with E-state index >= 15 is 0 Å². The van der Waals surface area contributed by atoms with Crippen LogP contribution in [-0.4, -0.2) is 113 Å². The van der Waals surface area contributed by atoms with Crippen LogP contribution in [0.5, 0.6) is 17.2 Å². The topological polar surface area (TPSA) is 233 Å². The molecular weight excluding hydrogens is 715 g/mol. The average Bonchev–Trinajstić information content (AvgIpc) is 3.13. The molecule has 3 aromatic carbocycles. The predicted molar refractivity (Wildman–Crippen MR) is 195 cm³/mol. The normalized spacial score (nSPS) is 32.4. The number of aromatic hydroxyl groups is 1. The minimum absolute atomic E-state index is 0.0100. The van der Waals surface area contributed by atoms with Gasteiger partial charge in [-0.15, -0.1) is 0 Å². The first-order chi connectivity index (χ1) is 24.9. The molecular formula is C37H45NO12S2. The summed E-state index contributed by atoms with van der Waals surface area (Å²) < 4.78 is 18.0. The molecule has 10 atom stereocenters. The number of Topliss-reactive ketones (excluding diaryl/α,β-unsaturated/α-hetero) is 1. The number of carbonyl (C=O) groups is 1. The lowest BCUT2D eigenvalue weighted by molar-refractivity contribution is -0.304. The van der Waals surface area contributed by atoms with Crippen LogP contribution in [0, 0.1) is 12.8 Å². The molecule has 1 fully saturated rings. The maximum absolute atomic E-state index is 14.0. The van der Waals surface area contributed by atoms with Gasteiger partial charge in [-0.25, -0.2) is 0 Å². The number of aliphatic hydroxyl groups excluding tert-OH is 6. The summed E-state index contributed by atoms with van der Waals surface area (Å²) in [6, 6.07) is 9.68. The Morgan fingerprint density at radius 1 is 1.02 bits per heavy atom. The third-order valence-corrected chi connectivity index (χ3v) is 13.7. The Kier molecular flexibility index (Phi) is 11.8. The van der Waals surface area contributed by atoms with Gasteiger partial charge in [0.15, 0.2) is 5.78 Å². The van der Waals surface area contributed by atoms with Gasteiger partial charge in [-0.2, -0.15) is 0 Å². The number of methoxy groups -OCH3 is 1. The molecule has 3 aromatic rings. The van der Waals surface area contributed by atoms with E-state index in [1.807, 2.05) is 12.1 Å². The zero-order valence-corrected chi connectivity index (χ0v) is 30.3. The van der Waals surface area contributed by atoms with Crippen molar-refractivity contribution in [2.75, 3.05) is 13.7 Å². The number of benzene rings is 3. The third kappa shape index (κ3) is 7.05. The second kappa shape index (κ2) is 15.8. The van der Waals surface area contributed by atoms with Gasteiger partial charge in [0.05, 0.1) is 37.9 Å². The molecule has 15 heteroatoms. The molecule has 282 valence electrons. The predicted octanol–water partition coefficient (Wildman–Crippen LogP) is 1.61. The van der Waals surface area contributed by atoms with Gasteiger partial charge in [-0.3, -0.25) is 4.79 Å². The van der Waals surface area contributed by atoms with E-state index < -0.39 is 83.5 Å². The summed E-state index contributed by atoms with van der Waals surface area (Å²) in [6.07, 6.45) is -5.52.